The smallest absolute Gasteiger partial charge is 0.364 e. The van der Waals surface area contributed by atoms with E-state index in [1.807, 2.05) is 0 Å². The first-order valence-electron chi connectivity index (χ1n) is 22.2. The first kappa shape index (κ1) is 58.8. The summed E-state index contributed by atoms with van der Waals surface area (Å²) < 4.78 is 50.9. The Balaban J connectivity index is 1.39. The van der Waals surface area contributed by atoms with Crippen LogP contribution in [0.3, 0.4) is 0 Å². The number of carbonyl (C=O) groups excluding carboxylic acids is 3. The van der Waals surface area contributed by atoms with Crippen LogP contribution in [0.15, 0.2) is 0 Å². The van der Waals surface area contributed by atoms with Gasteiger partial charge in [-0.1, -0.05) is 0 Å². The number of carbonyl (C=O) groups is 4. The quantitative estimate of drug-likeness (QED) is 0.0571. The predicted octanol–water partition coefficient (Wildman–Crippen LogP) is -12.3. The van der Waals surface area contributed by atoms with Gasteiger partial charge in [-0.15, -0.1) is 0 Å². The van der Waals surface area contributed by atoms with Crippen molar-refractivity contribution in [2.75, 3.05) is 33.0 Å². The molecule has 0 radical (unpaired) electrons. The van der Waals surface area contributed by atoms with Gasteiger partial charge in [-0.2, -0.15) is 0 Å². The van der Waals surface area contributed by atoms with E-state index in [-0.39, 0.29) is 0 Å². The number of hydrogen-bond donors (Lipinski definition) is 19. The van der Waals surface area contributed by atoms with Crippen LogP contribution in [0, 0.1) is 0 Å². The number of aliphatic hydroxyl groups is 15. The van der Waals surface area contributed by atoms with E-state index in [9.17, 15) is 101 Å². The number of nitrogens with one attached hydrogen (secondary N) is 3. The summed E-state index contributed by atoms with van der Waals surface area (Å²) in [4.78, 5) is 49.7. The molecule has 0 aromatic heterocycles. The molecule has 71 heavy (non-hydrogen) atoms. The number of rotatable bonds is 19. The standard InChI is InChI=1S/C39H65N3O29/c1-10(47)40-19-13(50)4-39(38(61)62,70-32(19)22(52)14(51)5-43)71-33-24(54)16(7-45)66-37(29(33)59)69-31-21(42-12(3)49)34(60)64-18(25(31)55)9-63-35-20(41-11(2)48)26(56)30(17(8-46)67-35)68-36-28(58)27(57)23(53)15(6-44)65-36/h13-37,43-46,50-60H,4-9H2,1-3H3,(H,40,47)(H,41,48)(H,42,49)(H,61,62)/t13-,14+,15+,16+,17+,18+,19+,20+,21+,22+,23-,24-,25-,26+,27-,28+,29+,30+,31+,32+,33-,34?,35?,36?,37?,39?/m0/s1. The number of hydrogen-bond acceptors (Lipinski definition) is 28. The van der Waals surface area contributed by atoms with E-state index in [0.29, 0.717) is 0 Å². The summed E-state index contributed by atoms with van der Waals surface area (Å²) in [6, 6.07) is -5.04. The average Bonchev–Trinajstić information content (AvgIpc) is 3.31. The first-order valence-corrected chi connectivity index (χ1v) is 22.2. The van der Waals surface area contributed by atoms with Crippen molar-refractivity contribution in [3.8, 4) is 0 Å². The Labute approximate surface area is 402 Å². The van der Waals surface area contributed by atoms with Gasteiger partial charge in [0.25, 0.3) is 5.79 Å². The Morgan fingerprint density at radius 1 is 0.577 bits per heavy atom. The van der Waals surface area contributed by atoms with Gasteiger partial charge in [0.15, 0.2) is 25.2 Å². The maximum absolute atomic E-state index is 13.0. The molecule has 32 heteroatoms. The van der Waals surface area contributed by atoms with Gasteiger partial charge in [0.2, 0.25) is 17.7 Å². The van der Waals surface area contributed by atoms with Crippen LogP contribution in [0.2, 0.25) is 0 Å². The predicted molar refractivity (Wildman–Crippen MR) is 219 cm³/mol. The number of carboxylic acid groups (broad SMARTS) is 1. The number of aliphatic carboxylic acids is 1. The minimum Gasteiger partial charge on any atom is -0.477 e. The van der Waals surface area contributed by atoms with Crippen molar-refractivity contribution in [1.82, 2.24) is 16.0 Å². The largest absolute Gasteiger partial charge is 0.477 e. The van der Waals surface area contributed by atoms with Gasteiger partial charge in [0.05, 0.1) is 45.2 Å². The third kappa shape index (κ3) is 13.1. The highest BCUT2D eigenvalue weighted by Crippen LogP contribution is 2.39. The molecule has 5 fully saturated rings. The van der Waals surface area contributed by atoms with Gasteiger partial charge in [-0.3, -0.25) is 14.4 Å². The topological polar surface area (TPSA) is 511 Å². The van der Waals surface area contributed by atoms with E-state index in [1.165, 1.54) is 0 Å². The summed E-state index contributed by atoms with van der Waals surface area (Å²) in [5, 5.41) is 177. The molecule has 0 aromatic carbocycles. The van der Waals surface area contributed by atoms with Crippen LogP contribution in [-0.4, -0.2) is 297 Å². The molecule has 5 rings (SSSR count). The van der Waals surface area contributed by atoms with Gasteiger partial charge in [-0.25, -0.2) is 4.79 Å². The molecule has 3 amide bonds. The molecule has 410 valence electrons. The van der Waals surface area contributed by atoms with E-state index in [2.05, 4.69) is 16.0 Å². The van der Waals surface area contributed by atoms with E-state index in [4.69, 9.17) is 42.6 Å². The van der Waals surface area contributed by atoms with Crippen molar-refractivity contribution in [2.24, 2.45) is 0 Å². The fraction of sp³-hybridized carbons (Fsp3) is 0.897. The van der Waals surface area contributed by atoms with Crippen LogP contribution < -0.4 is 16.0 Å². The molecular formula is C39H65N3O29. The number of amides is 3. The molecule has 5 aliphatic heterocycles. The minimum absolute atomic E-state index is 0.788. The third-order valence-corrected chi connectivity index (χ3v) is 12.5. The van der Waals surface area contributed by atoms with Gasteiger partial charge < -0.3 is 140 Å². The summed E-state index contributed by atoms with van der Waals surface area (Å²) in [6.45, 7) is -1.88. The Morgan fingerprint density at radius 3 is 1.63 bits per heavy atom. The normalized spacial score (nSPS) is 45.0. The number of carboxylic acids is 1. The lowest BCUT2D eigenvalue weighted by molar-refractivity contribution is -0.381. The fourth-order valence-corrected chi connectivity index (χ4v) is 8.84. The average molecular weight is 1040 g/mol. The Bertz CT molecular complexity index is 1770. The van der Waals surface area contributed by atoms with Crippen LogP contribution in [0.5, 0.6) is 0 Å². The summed E-state index contributed by atoms with van der Waals surface area (Å²) in [5.41, 5.74) is 0. The lowest BCUT2D eigenvalue weighted by Crippen LogP contribution is -2.71. The lowest BCUT2D eigenvalue weighted by Gasteiger charge is -2.51. The summed E-state index contributed by atoms with van der Waals surface area (Å²) >= 11 is 0. The molecule has 26 atom stereocenters. The molecule has 32 nitrogen and oxygen atoms in total. The van der Waals surface area contributed by atoms with Gasteiger partial charge in [0.1, 0.15) is 116 Å². The zero-order chi connectivity index (χ0) is 53.0. The van der Waals surface area contributed by atoms with Crippen molar-refractivity contribution in [3.63, 3.8) is 0 Å². The molecule has 5 aliphatic rings. The highest BCUT2D eigenvalue weighted by molar-refractivity contribution is 5.77. The van der Waals surface area contributed by atoms with E-state index in [0.717, 1.165) is 20.8 Å². The number of aliphatic hydroxyl groups excluding tert-OH is 15. The Kier molecular flexibility index (Phi) is 20.7. The highest BCUT2D eigenvalue weighted by Gasteiger charge is 2.61. The lowest BCUT2D eigenvalue weighted by atomic mass is 9.88. The summed E-state index contributed by atoms with van der Waals surface area (Å²) in [6.07, 6.45) is -44.2. The molecule has 19 N–H and O–H groups in total. The van der Waals surface area contributed by atoms with Gasteiger partial charge in [0, 0.05) is 27.2 Å². The molecule has 0 aliphatic carbocycles. The van der Waals surface area contributed by atoms with Crippen molar-refractivity contribution in [2.45, 2.75) is 186 Å². The Morgan fingerprint density at radius 2 is 1.08 bits per heavy atom. The maximum atomic E-state index is 13.0. The highest BCUT2D eigenvalue weighted by atomic mass is 16.8. The van der Waals surface area contributed by atoms with Crippen molar-refractivity contribution >= 4 is 23.7 Å². The van der Waals surface area contributed by atoms with Crippen LogP contribution in [-0.2, 0) is 61.8 Å². The van der Waals surface area contributed by atoms with Gasteiger partial charge >= 0.3 is 5.97 Å². The molecule has 5 unspecified atom stereocenters. The second-order valence-corrected chi connectivity index (χ2v) is 17.6. The molecule has 5 saturated heterocycles. The zero-order valence-electron chi connectivity index (χ0n) is 38.1. The zero-order valence-corrected chi connectivity index (χ0v) is 38.1. The van der Waals surface area contributed by atoms with Crippen molar-refractivity contribution in [3.05, 3.63) is 0 Å². The van der Waals surface area contributed by atoms with Crippen molar-refractivity contribution in [1.29, 1.82) is 0 Å². The molecule has 0 saturated carbocycles. The molecular weight excluding hydrogens is 974 g/mol. The van der Waals surface area contributed by atoms with Crippen LogP contribution in [0.1, 0.15) is 27.2 Å². The van der Waals surface area contributed by atoms with E-state index < -0.39 is 222 Å². The minimum atomic E-state index is -3.18. The van der Waals surface area contributed by atoms with Crippen molar-refractivity contribution < 1.29 is 144 Å². The third-order valence-electron chi connectivity index (χ3n) is 12.5. The monoisotopic (exact) mass is 1040 g/mol. The molecule has 0 aromatic rings. The van der Waals surface area contributed by atoms with E-state index in [1.54, 1.807) is 0 Å². The second kappa shape index (κ2) is 25.0. The first-order chi connectivity index (χ1) is 33.3. The van der Waals surface area contributed by atoms with Crippen LogP contribution in [0.4, 0.5) is 0 Å². The fourth-order valence-electron chi connectivity index (χ4n) is 8.84. The Hall–Kier alpha value is -3.08. The summed E-state index contributed by atoms with van der Waals surface area (Å²) in [5.74, 6) is -7.69. The summed E-state index contributed by atoms with van der Waals surface area (Å²) in [7, 11) is 0. The van der Waals surface area contributed by atoms with Gasteiger partial charge in [-0.05, 0) is 0 Å². The van der Waals surface area contributed by atoms with Crippen LogP contribution in [0.25, 0.3) is 0 Å². The second-order valence-electron chi connectivity index (χ2n) is 17.6. The maximum Gasteiger partial charge on any atom is 0.364 e. The molecule has 5 heterocycles. The van der Waals surface area contributed by atoms with Crippen LogP contribution >= 0.6 is 0 Å². The molecule has 0 spiro atoms. The molecule has 0 bridgehead atoms. The van der Waals surface area contributed by atoms with E-state index >= 15 is 0 Å². The SMILES string of the molecule is CC(=O)N[C@H]1[C@H]([C@H](O)[C@H](O)CO)OC(O[C@H]2[C@@H](O)[C@@H](CO)OC(O[C@H]3[C@@H](O)[C@@H](COC4O[C@H](CO)[C@@H](OC5O[C@H](CO)[C@H](O)[C@H](O)[C@H]5O)[C@H](O)[C@H]4NC(C)=O)OC(O)[C@@H]3NC(C)=O)[C@@H]2O)(C(=O)O)C[C@@H]1O. The number of ether oxygens (including phenoxy) is 9.